The van der Waals surface area contributed by atoms with Gasteiger partial charge in [-0.05, 0) is 24.6 Å². The van der Waals surface area contributed by atoms with Gasteiger partial charge in [0.15, 0.2) is 0 Å². The summed E-state index contributed by atoms with van der Waals surface area (Å²) in [5, 5.41) is 0. The first kappa shape index (κ1) is 11.5. The first-order chi connectivity index (χ1) is 7.26. The van der Waals surface area contributed by atoms with Crippen LogP contribution in [0, 0.1) is 0 Å². The summed E-state index contributed by atoms with van der Waals surface area (Å²) >= 11 is 0. The molecule has 4 heteroatoms. The highest BCUT2D eigenvalue weighted by Crippen LogP contribution is 2.12. The molecule has 82 valence electrons. The number of ether oxygens (including phenoxy) is 2. The molecule has 1 aromatic rings. The fourth-order valence-corrected chi connectivity index (χ4v) is 1.07. The van der Waals surface area contributed by atoms with Crippen LogP contribution in [0.3, 0.4) is 0 Å². The van der Waals surface area contributed by atoms with Gasteiger partial charge in [-0.15, -0.1) is 0 Å². The molecule has 0 spiro atoms. The van der Waals surface area contributed by atoms with Crippen molar-refractivity contribution in [1.82, 2.24) is 0 Å². The second-order valence-corrected chi connectivity index (χ2v) is 2.94. The van der Waals surface area contributed by atoms with Crippen LogP contribution in [0.2, 0.25) is 0 Å². The molecule has 1 rings (SSSR count). The SMILES string of the molecule is CCOc1ccc(COC(=O)CN)cc1. The average molecular weight is 209 g/mol. The zero-order valence-electron chi connectivity index (χ0n) is 8.73. The lowest BCUT2D eigenvalue weighted by Gasteiger charge is -2.05. The van der Waals surface area contributed by atoms with E-state index < -0.39 is 5.97 Å². The number of esters is 1. The highest BCUT2D eigenvalue weighted by atomic mass is 16.5. The Morgan fingerprint density at radius 3 is 2.53 bits per heavy atom. The Morgan fingerprint density at radius 2 is 2.00 bits per heavy atom. The minimum atomic E-state index is -0.399. The smallest absolute Gasteiger partial charge is 0.320 e. The molecule has 0 saturated heterocycles. The Balaban J connectivity index is 2.45. The zero-order chi connectivity index (χ0) is 11.1. The zero-order valence-corrected chi connectivity index (χ0v) is 8.73. The van der Waals surface area contributed by atoms with Crippen LogP contribution in [0.4, 0.5) is 0 Å². The van der Waals surface area contributed by atoms with Gasteiger partial charge in [0.1, 0.15) is 12.4 Å². The third-order valence-corrected chi connectivity index (χ3v) is 1.80. The summed E-state index contributed by atoms with van der Waals surface area (Å²) in [6, 6.07) is 7.40. The van der Waals surface area contributed by atoms with E-state index >= 15 is 0 Å². The van der Waals surface area contributed by atoms with Crippen LogP contribution in [0.1, 0.15) is 12.5 Å². The lowest BCUT2D eigenvalue weighted by Crippen LogP contribution is -2.16. The summed E-state index contributed by atoms with van der Waals surface area (Å²) in [5.74, 6) is 0.412. The fraction of sp³-hybridized carbons (Fsp3) is 0.364. The molecule has 0 heterocycles. The Kier molecular flexibility index (Phi) is 4.63. The topological polar surface area (TPSA) is 61.5 Å². The minimum absolute atomic E-state index is 0.0863. The summed E-state index contributed by atoms with van der Waals surface area (Å²) in [4.78, 5) is 10.8. The quantitative estimate of drug-likeness (QED) is 0.737. The number of benzene rings is 1. The third kappa shape index (κ3) is 3.99. The van der Waals surface area contributed by atoms with Gasteiger partial charge in [-0.1, -0.05) is 12.1 Å². The van der Waals surface area contributed by atoms with Gasteiger partial charge in [-0.25, -0.2) is 0 Å². The van der Waals surface area contributed by atoms with Gasteiger partial charge in [-0.2, -0.15) is 0 Å². The molecule has 0 radical (unpaired) electrons. The Bertz CT molecular complexity index is 308. The molecule has 4 nitrogen and oxygen atoms in total. The van der Waals surface area contributed by atoms with E-state index in [0.717, 1.165) is 11.3 Å². The molecule has 2 N–H and O–H groups in total. The van der Waals surface area contributed by atoms with E-state index in [1.807, 2.05) is 31.2 Å². The summed E-state index contributed by atoms with van der Waals surface area (Å²) in [7, 11) is 0. The molecule has 0 aliphatic rings. The van der Waals surface area contributed by atoms with Crippen LogP contribution in [-0.2, 0) is 16.1 Å². The minimum Gasteiger partial charge on any atom is -0.494 e. The summed E-state index contributed by atoms with van der Waals surface area (Å²) in [6.45, 7) is 2.73. The van der Waals surface area contributed by atoms with Crippen LogP contribution in [0.5, 0.6) is 5.75 Å². The Labute approximate surface area is 89.0 Å². The molecule has 0 aromatic heterocycles. The van der Waals surface area contributed by atoms with Crippen LogP contribution in [0.25, 0.3) is 0 Å². The van der Waals surface area contributed by atoms with Crippen molar-refractivity contribution >= 4 is 5.97 Å². The number of hydrogen-bond acceptors (Lipinski definition) is 4. The van der Waals surface area contributed by atoms with Gasteiger partial charge in [0.2, 0.25) is 0 Å². The molecule has 0 unspecified atom stereocenters. The van der Waals surface area contributed by atoms with E-state index in [1.165, 1.54) is 0 Å². The van der Waals surface area contributed by atoms with Gasteiger partial charge in [-0.3, -0.25) is 4.79 Å². The predicted octanol–water partition coefficient (Wildman–Crippen LogP) is 1.09. The van der Waals surface area contributed by atoms with Gasteiger partial charge in [0, 0.05) is 0 Å². The second-order valence-electron chi connectivity index (χ2n) is 2.94. The normalized spacial score (nSPS) is 9.73. The van der Waals surface area contributed by atoms with Crippen LogP contribution in [-0.4, -0.2) is 19.1 Å². The Hall–Kier alpha value is -1.55. The maximum absolute atomic E-state index is 10.8. The van der Waals surface area contributed by atoms with E-state index in [4.69, 9.17) is 15.2 Å². The molecule has 15 heavy (non-hydrogen) atoms. The second kappa shape index (κ2) is 6.03. The maximum Gasteiger partial charge on any atom is 0.320 e. The highest BCUT2D eigenvalue weighted by molar-refractivity contribution is 5.71. The average Bonchev–Trinajstić information content (AvgIpc) is 2.28. The predicted molar refractivity (Wildman–Crippen MR) is 56.5 cm³/mol. The van der Waals surface area contributed by atoms with Crippen molar-refractivity contribution in [2.45, 2.75) is 13.5 Å². The van der Waals surface area contributed by atoms with Crippen LogP contribution in [0.15, 0.2) is 24.3 Å². The summed E-state index contributed by atoms with van der Waals surface area (Å²) in [6.07, 6.45) is 0. The van der Waals surface area contributed by atoms with Gasteiger partial charge >= 0.3 is 5.97 Å². The van der Waals surface area contributed by atoms with Crippen molar-refractivity contribution in [2.75, 3.05) is 13.2 Å². The van der Waals surface area contributed by atoms with E-state index in [2.05, 4.69) is 0 Å². The third-order valence-electron chi connectivity index (χ3n) is 1.80. The first-order valence-electron chi connectivity index (χ1n) is 4.83. The van der Waals surface area contributed by atoms with Gasteiger partial charge in [0.05, 0.1) is 13.2 Å². The number of hydrogen-bond donors (Lipinski definition) is 1. The summed E-state index contributed by atoms with van der Waals surface area (Å²) in [5.41, 5.74) is 6.02. The molecule has 1 aromatic carbocycles. The van der Waals surface area contributed by atoms with E-state index in [-0.39, 0.29) is 13.2 Å². The molecule has 0 atom stereocenters. The summed E-state index contributed by atoms with van der Waals surface area (Å²) < 4.78 is 10.2. The monoisotopic (exact) mass is 209 g/mol. The molecule has 0 fully saturated rings. The van der Waals surface area contributed by atoms with Crippen LogP contribution >= 0.6 is 0 Å². The number of nitrogens with two attached hydrogens (primary N) is 1. The number of carbonyl (C=O) groups excluding carboxylic acids is 1. The Morgan fingerprint density at radius 1 is 1.33 bits per heavy atom. The van der Waals surface area contributed by atoms with E-state index in [9.17, 15) is 4.79 Å². The number of carbonyl (C=O) groups is 1. The van der Waals surface area contributed by atoms with Crippen molar-refractivity contribution < 1.29 is 14.3 Å². The molecule has 0 saturated carbocycles. The van der Waals surface area contributed by atoms with Crippen LogP contribution < -0.4 is 10.5 Å². The molecule has 0 amide bonds. The highest BCUT2D eigenvalue weighted by Gasteiger charge is 2.00. The van der Waals surface area contributed by atoms with E-state index in [1.54, 1.807) is 0 Å². The van der Waals surface area contributed by atoms with Crippen molar-refractivity contribution in [3.63, 3.8) is 0 Å². The van der Waals surface area contributed by atoms with Crippen molar-refractivity contribution in [3.8, 4) is 5.75 Å². The standard InChI is InChI=1S/C11H15NO3/c1-2-14-10-5-3-9(4-6-10)8-15-11(13)7-12/h3-6H,2,7-8,12H2,1H3. The largest absolute Gasteiger partial charge is 0.494 e. The van der Waals surface area contributed by atoms with E-state index in [0.29, 0.717) is 6.61 Å². The molecular weight excluding hydrogens is 194 g/mol. The van der Waals surface area contributed by atoms with Gasteiger partial charge in [0.25, 0.3) is 0 Å². The van der Waals surface area contributed by atoms with Crippen molar-refractivity contribution in [3.05, 3.63) is 29.8 Å². The maximum atomic E-state index is 10.8. The fourth-order valence-electron chi connectivity index (χ4n) is 1.07. The van der Waals surface area contributed by atoms with Gasteiger partial charge < -0.3 is 15.2 Å². The van der Waals surface area contributed by atoms with Crippen molar-refractivity contribution in [2.24, 2.45) is 5.73 Å². The first-order valence-corrected chi connectivity index (χ1v) is 4.83. The number of rotatable bonds is 5. The lowest BCUT2D eigenvalue weighted by atomic mass is 10.2. The van der Waals surface area contributed by atoms with Crippen molar-refractivity contribution in [1.29, 1.82) is 0 Å². The molecule has 0 aliphatic carbocycles. The lowest BCUT2D eigenvalue weighted by molar-refractivity contribution is -0.143. The molecule has 0 aliphatic heterocycles. The molecular formula is C11H15NO3. The molecule has 0 bridgehead atoms.